The van der Waals surface area contributed by atoms with Crippen LogP contribution in [0.5, 0.6) is 0 Å². The van der Waals surface area contributed by atoms with Crippen LogP contribution in [0.4, 0.5) is 0 Å². The van der Waals surface area contributed by atoms with Crippen LogP contribution >= 0.6 is 0 Å². The number of aliphatic hydroxyl groups excluding tert-OH is 5. The number of hydrogen-bond donors (Lipinski definition) is 6. The summed E-state index contributed by atoms with van der Waals surface area (Å²) in [5, 5.41) is 54.8. The van der Waals surface area contributed by atoms with Crippen LogP contribution in [-0.4, -0.2) is 87.5 Å². The standard InChI is InChI=1S/C79H135NO8/c1-3-5-7-9-11-13-15-17-19-21-23-25-27-29-31-33-35-36-37-38-39-41-43-45-47-49-51-53-55-57-59-61-63-65-67-69-75(83)80-72(71-87-79-78(86)77(85)76(84)74(70-81)88-79)73(82)68-66-64-62-60-58-56-54-52-50-48-46-44-42-40-34-32-30-28-26-24-22-20-18-16-14-12-10-8-6-4-2/h5,7,11,13,17,19,23,25,29,31,35-36,38-39,43,45,49,51,55,57,66,68,72-74,76-79,81-82,84-86H,3-4,6,8-10,12,14-16,18,20-22,24,26-28,30,32-34,37,40-42,44,46-48,50,52-54,56,58-65,67,69-71H2,1-2H3,(H,80,83)/b7-5-,13-11-,19-17-,25-23-,31-29-,36-35-,39-38-,45-43-,51-49-,57-55-,68-66+. The minimum atomic E-state index is -1.58. The third-order valence-electron chi connectivity index (χ3n) is 16.5. The zero-order valence-corrected chi connectivity index (χ0v) is 56.4. The first-order valence-electron chi connectivity index (χ1n) is 36.4. The van der Waals surface area contributed by atoms with Gasteiger partial charge in [0.2, 0.25) is 5.91 Å². The molecule has 6 N–H and O–H groups in total. The van der Waals surface area contributed by atoms with Gasteiger partial charge < -0.3 is 40.3 Å². The molecule has 0 aromatic heterocycles. The summed E-state index contributed by atoms with van der Waals surface area (Å²) in [5.74, 6) is -0.203. The molecule has 0 saturated carbocycles. The molecular formula is C79H135NO8. The van der Waals surface area contributed by atoms with Gasteiger partial charge in [0, 0.05) is 6.42 Å². The molecule has 0 radical (unpaired) electrons. The predicted octanol–water partition coefficient (Wildman–Crippen LogP) is 20.4. The average Bonchev–Trinajstić information content (AvgIpc) is 3.65. The molecule has 1 amide bonds. The van der Waals surface area contributed by atoms with Gasteiger partial charge in [-0.2, -0.15) is 0 Å². The molecule has 504 valence electrons. The Morgan fingerprint density at radius 2 is 0.705 bits per heavy atom. The van der Waals surface area contributed by atoms with E-state index in [-0.39, 0.29) is 12.5 Å². The summed E-state index contributed by atoms with van der Waals surface area (Å²) in [7, 11) is 0. The second-order valence-corrected chi connectivity index (χ2v) is 24.7. The number of hydrogen-bond acceptors (Lipinski definition) is 8. The SMILES string of the molecule is CC/C=C\C/C=C\C/C=C\C/C=C\C/C=C\C/C=C\C/C=C\C/C=C\C/C=C\C/C=C\CCCCCCC(=O)NC(COC1OC(CO)C(O)C(O)C1O)C(O)/C=C/CCCCCCCCCCCCCCCCCCCCCCCCCCCCCC. The summed E-state index contributed by atoms with van der Waals surface area (Å²) in [4.78, 5) is 13.1. The Bertz CT molecular complexity index is 1860. The quantitative estimate of drug-likeness (QED) is 0.0261. The van der Waals surface area contributed by atoms with Crippen LogP contribution < -0.4 is 5.32 Å². The summed E-state index contributed by atoms with van der Waals surface area (Å²) >= 11 is 0. The highest BCUT2D eigenvalue weighted by Crippen LogP contribution is 2.23. The molecule has 0 bridgehead atoms. The van der Waals surface area contributed by atoms with E-state index in [9.17, 15) is 30.3 Å². The molecule has 7 atom stereocenters. The zero-order chi connectivity index (χ0) is 63.5. The maximum atomic E-state index is 13.1. The molecule has 0 spiro atoms. The first kappa shape index (κ1) is 82.3. The number of ether oxygens (including phenoxy) is 2. The number of nitrogens with one attached hydrogen (secondary N) is 1. The van der Waals surface area contributed by atoms with Crippen molar-refractivity contribution in [2.75, 3.05) is 13.2 Å². The monoisotopic (exact) mass is 1230 g/mol. The van der Waals surface area contributed by atoms with Crippen molar-refractivity contribution in [2.24, 2.45) is 0 Å². The lowest BCUT2D eigenvalue weighted by molar-refractivity contribution is -0.302. The van der Waals surface area contributed by atoms with Gasteiger partial charge in [0.05, 0.1) is 25.4 Å². The van der Waals surface area contributed by atoms with Crippen LogP contribution in [0.2, 0.25) is 0 Å². The zero-order valence-electron chi connectivity index (χ0n) is 56.4. The van der Waals surface area contributed by atoms with Crippen LogP contribution in [0, 0.1) is 0 Å². The molecule has 7 unspecified atom stereocenters. The van der Waals surface area contributed by atoms with E-state index in [4.69, 9.17) is 9.47 Å². The van der Waals surface area contributed by atoms with Gasteiger partial charge in [0.15, 0.2) is 6.29 Å². The summed E-state index contributed by atoms with van der Waals surface area (Å²) in [6.07, 6.45) is 94.1. The van der Waals surface area contributed by atoms with E-state index in [0.29, 0.717) is 6.42 Å². The summed E-state index contributed by atoms with van der Waals surface area (Å²) < 4.78 is 11.3. The van der Waals surface area contributed by atoms with Crippen LogP contribution in [0.3, 0.4) is 0 Å². The highest BCUT2D eigenvalue weighted by atomic mass is 16.7. The van der Waals surface area contributed by atoms with Crippen LogP contribution in [-0.2, 0) is 14.3 Å². The summed E-state index contributed by atoms with van der Waals surface area (Å²) in [5.41, 5.74) is 0. The molecule has 1 fully saturated rings. The third kappa shape index (κ3) is 54.1. The van der Waals surface area contributed by atoms with Crippen molar-refractivity contribution < 1.29 is 39.8 Å². The lowest BCUT2D eigenvalue weighted by Gasteiger charge is -2.40. The Labute approximate surface area is 541 Å². The topological polar surface area (TPSA) is 149 Å². The fourth-order valence-corrected chi connectivity index (χ4v) is 10.8. The molecule has 1 rings (SSSR count). The van der Waals surface area contributed by atoms with Crippen LogP contribution in [0.15, 0.2) is 134 Å². The Hall–Kier alpha value is -3.67. The lowest BCUT2D eigenvalue weighted by atomic mass is 9.99. The predicted molar refractivity (Wildman–Crippen MR) is 377 cm³/mol. The summed E-state index contributed by atoms with van der Waals surface area (Å²) in [6, 6.07) is -0.831. The van der Waals surface area contributed by atoms with Gasteiger partial charge in [-0.3, -0.25) is 4.79 Å². The molecule has 0 aliphatic carbocycles. The second kappa shape index (κ2) is 66.3. The molecule has 88 heavy (non-hydrogen) atoms. The van der Waals surface area contributed by atoms with Crippen molar-refractivity contribution in [2.45, 2.75) is 346 Å². The van der Waals surface area contributed by atoms with E-state index in [1.165, 1.54) is 167 Å². The number of unbranched alkanes of at least 4 members (excludes halogenated alkanes) is 32. The normalized spacial score (nSPS) is 18.7. The Morgan fingerprint density at radius 1 is 0.398 bits per heavy atom. The number of allylic oxidation sites excluding steroid dienone is 21. The number of carbonyl (C=O) groups excluding carboxylic acids is 1. The van der Waals surface area contributed by atoms with Gasteiger partial charge in [-0.15, -0.1) is 0 Å². The van der Waals surface area contributed by atoms with Crippen LogP contribution in [0.25, 0.3) is 0 Å². The molecule has 1 aliphatic heterocycles. The first-order valence-corrected chi connectivity index (χ1v) is 36.4. The molecule has 9 heteroatoms. The van der Waals surface area contributed by atoms with Crippen molar-refractivity contribution in [3.63, 3.8) is 0 Å². The van der Waals surface area contributed by atoms with Crippen molar-refractivity contribution in [3.8, 4) is 0 Å². The Kier molecular flexibility index (Phi) is 62.0. The second-order valence-electron chi connectivity index (χ2n) is 24.7. The number of aliphatic hydroxyl groups is 5. The van der Waals surface area contributed by atoms with Gasteiger partial charge in [0.1, 0.15) is 24.4 Å². The Morgan fingerprint density at radius 3 is 1.05 bits per heavy atom. The van der Waals surface area contributed by atoms with E-state index < -0.39 is 49.5 Å². The molecule has 1 saturated heterocycles. The highest BCUT2D eigenvalue weighted by molar-refractivity contribution is 5.76. The number of carbonyl (C=O) groups is 1. The number of amides is 1. The van der Waals surface area contributed by atoms with Gasteiger partial charge in [0.25, 0.3) is 0 Å². The molecule has 0 aromatic rings. The van der Waals surface area contributed by atoms with E-state index in [0.717, 1.165) is 116 Å². The van der Waals surface area contributed by atoms with E-state index in [1.807, 2.05) is 6.08 Å². The minimum absolute atomic E-state index is 0.203. The van der Waals surface area contributed by atoms with Crippen LogP contribution in [0.1, 0.15) is 303 Å². The van der Waals surface area contributed by atoms with Crippen molar-refractivity contribution in [1.82, 2.24) is 5.32 Å². The first-order chi connectivity index (χ1) is 43.3. The molecule has 1 heterocycles. The lowest BCUT2D eigenvalue weighted by Crippen LogP contribution is -2.60. The van der Waals surface area contributed by atoms with Crippen molar-refractivity contribution in [3.05, 3.63) is 134 Å². The van der Waals surface area contributed by atoms with Gasteiger partial charge in [-0.1, -0.05) is 334 Å². The molecule has 0 aromatic carbocycles. The smallest absolute Gasteiger partial charge is 0.220 e. The molecule has 9 nitrogen and oxygen atoms in total. The van der Waals surface area contributed by atoms with Crippen molar-refractivity contribution in [1.29, 1.82) is 0 Å². The summed E-state index contributed by atoms with van der Waals surface area (Å²) in [6.45, 7) is 3.67. The fraction of sp³-hybridized carbons (Fsp3) is 0.709. The van der Waals surface area contributed by atoms with E-state index in [1.54, 1.807) is 6.08 Å². The van der Waals surface area contributed by atoms with Crippen molar-refractivity contribution >= 4 is 5.91 Å². The molecular weight excluding hydrogens is 1090 g/mol. The van der Waals surface area contributed by atoms with Gasteiger partial charge in [-0.25, -0.2) is 0 Å². The fourth-order valence-electron chi connectivity index (χ4n) is 10.8. The maximum Gasteiger partial charge on any atom is 0.220 e. The Balaban J connectivity index is 2.18. The minimum Gasteiger partial charge on any atom is -0.394 e. The van der Waals surface area contributed by atoms with E-state index in [2.05, 4.69) is 141 Å². The van der Waals surface area contributed by atoms with E-state index >= 15 is 0 Å². The third-order valence-corrected chi connectivity index (χ3v) is 16.5. The van der Waals surface area contributed by atoms with Gasteiger partial charge >= 0.3 is 0 Å². The maximum absolute atomic E-state index is 13.1. The van der Waals surface area contributed by atoms with Gasteiger partial charge in [-0.05, 0) is 96.3 Å². The average molecular weight is 1230 g/mol. The number of rotatable bonds is 62. The largest absolute Gasteiger partial charge is 0.394 e. The molecule has 1 aliphatic rings. The highest BCUT2D eigenvalue weighted by Gasteiger charge is 2.44.